The van der Waals surface area contributed by atoms with Gasteiger partial charge in [0, 0.05) is 18.3 Å². The van der Waals surface area contributed by atoms with E-state index in [0.29, 0.717) is 6.04 Å². The zero-order valence-corrected chi connectivity index (χ0v) is 9.17. The summed E-state index contributed by atoms with van der Waals surface area (Å²) < 4.78 is 37.1. The molecule has 2 aliphatic rings. The summed E-state index contributed by atoms with van der Waals surface area (Å²) in [6.07, 6.45) is -0.0369. The van der Waals surface area contributed by atoms with Crippen LogP contribution in [-0.4, -0.2) is 11.0 Å². The van der Waals surface area contributed by atoms with Crippen molar-refractivity contribution in [3.8, 4) is 0 Å². The van der Waals surface area contributed by atoms with Crippen LogP contribution in [0.25, 0.3) is 0 Å². The highest BCUT2D eigenvalue weighted by molar-refractivity contribution is 5.20. The average Bonchev–Trinajstić information content (AvgIpc) is 3.06. The minimum atomic E-state index is -4.30. The molecule has 17 heavy (non-hydrogen) atoms. The van der Waals surface area contributed by atoms with Crippen molar-refractivity contribution in [2.75, 3.05) is 0 Å². The summed E-state index contributed by atoms with van der Waals surface area (Å²) in [5.41, 5.74) is 0.0460. The summed E-state index contributed by atoms with van der Waals surface area (Å²) in [5, 5.41) is 3.42. The van der Waals surface area contributed by atoms with E-state index in [0.717, 1.165) is 36.7 Å². The van der Waals surface area contributed by atoms with Gasteiger partial charge in [-0.3, -0.25) is 4.98 Å². The first kappa shape index (κ1) is 11.0. The van der Waals surface area contributed by atoms with Gasteiger partial charge in [-0.25, -0.2) is 0 Å². The van der Waals surface area contributed by atoms with Gasteiger partial charge < -0.3 is 5.32 Å². The minimum Gasteiger partial charge on any atom is -0.306 e. The molecule has 0 aromatic carbocycles. The monoisotopic (exact) mass is 242 g/mol. The molecule has 2 heterocycles. The van der Waals surface area contributed by atoms with Crippen molar-refractivity contribution in [3.63, 3.8) is 0 Å². The first-order valence-corrected chi connectivity index (χ1v) is 5.83. The fourth-order valence-corrected chi connectivity index (χ4v) is 2.51. The highest BCUT2D eigenvalue weighted by Gasteiger charge is 2.42. The van der Waals surface area contributed by atoms with E-state index in [-0.39, 0.29) is 6.04 Å². The third-order valence-electron chi connectivity index (χ3n) is 3.63. The zero-order valence-electron chi connectivity index (χ0n) is 9.17. The number of aromatic nitrogens is 1. The Morgan fingerprint density at radius 2 is 2.06 bits per heavy atom. The van der Waals surface area contributed by atoms with Gasteiger partial charge >= 0.3 is 6.18 Å². The van der Waals surface area contributed by atoms with E-state index in [2.05, 4.69) is 10.3 Å². The Kier molecular flexibility index (Phi) is 2.40. The minimum absolute atomic E-state index is 0.126. The summed E-state index contributed by atoms with van der Waals surface area (Å²) in [6, 6.07) is 3.30. The summed E-state index contributed by atoms with van der Waals surface area (Å²) in [5.74, 6) is 0.792. The molecular weight excluding hydrogens is 229 g/mol. The van der Waals surface area contributed by atoms with Gasteiger partial charge in [-0.05, 0) is 37.3 Å². The van der Waals surface area contributed by atoms with Crippen LogP contribution in [0.1, 0.15) is 36.6 Å². The van der Waals surface area contributed by atoms with Gasteiger partial charge in [0.2, 0.25) is 0 Å². The number of hydrogen-bond acceptors (Lipinski definition) is 2. The molecular formula is C12H13F3N2. The largest absolute Gasteiger partial charge is 0.417 e. The van der Waals surface area contributed by atoms with Crippen molar-refractivity contribution in [2.24, 2.45) is 5.92 Å². The fourth-order valence-electron chi connectivity index (χ4n) is 2.51. The molecule has 92 valence electrons. The van der Waals surface area contributed by atoms with Crippen molar-refractivity contribution in [2.45, 2.75) is 37.5 Å². The second-order valence-electron chi connectivity index (χ2n) is 4.87. The normalized spacial score (nSPS) is 32.1. The molecule has 1 aromatic heterocycles. The van der Waals surface area contributed by atoms with Crippen LogP contribution >= 0.6 is 0 Å². The van der Waals surface area contributed by atoms with Crippen LogP contribution in [0.3, 0.4) is 0 Å². The standard InChI is InChI=1S/C12H13F3N2/c13-12(14,15)8-2-4-9(16-6-8)10-3-1-7-5-11(7)17-10/h2,4,6-7,10-11,17H,1,3,5H2. The lowest BCUT2D eigenvalue weighted by atomic mass is 10.0. The molecule has 3 atom stereocenters. The van der Waals surface area contributed by atoms with Gasteiger partial charge in [0.1, 0.15) is 0 Å². The first-order chi connectivity index (χ1) is 8.04. The molecule has 2 nitrogen and oxygen atoms in total. The molecule has 3 unspecified atom stereocenters. The second-order valence-corrected chi connectivity index (χ2v) is 4.87. The molecule has 1 aliphatic carbocycles. The first-order valence-electron chi connectivity index (χ1n) is 5.83. The van der Waals surface area contributed by atoms with E-state index in [1.54, 1.807) is 0 Å². The molecule has 0 radical (unpaired) electrons. The quantitative estimate of drug-likeness (QED) is 0.819. The number of rotatable bonds is 1. The van der Waals surface area contributed by atoms with Crippen molar-refractivity contribution in [1.29, 1.82) is 0 Å². The summed E-state index contributed by atoms with van der Waals surface area (Å²) in [6.45, 7) is 0. The molecule has 5 heteroatoms. The SMILES string of the molecule is FC(F)(F)c1ccc(C2CCC3CC3N2)nc1. The second kappa shape index (κ2) is 3.70. The van der Waals surface area contributed by atoms with Crippen molar-refractivity contribution < 1.29 is 13.2 Å². The van der Waals surface area contributed by atoms with Crippen LogP contribution in [-0.2, 0) is 6.18 Å². The third kappa shape index (κ3) is 2.16. The Balaban J connectivity index is 1.75. The van der Waals surface area contributed by atoms with Crippen LogP contribution in [0, 0.1) is 5.92 Å². The van der Waals surface area contributed by atoms with E-state index in [1.165, 1.54) is 12.5 Å². The lowest BCUT2D eigenvalue weighted by Gasteiger charge is -2.22. The Labute approximate surface area is 97.2 Å². The number of hydrogen-bond donors (Lipinski definition) is 1. The van der Waals surface area contributed by atoms with E-state index in [9.17, 15) is 13.2 Å². The maximum absolute atomic E-state index is 12.4. The molecule has 0 amide bonds. The Hall–Kier alpha value is -1.10. The molecule has 1 saturated heterocycles. The number of nitrogens with one attached hydrogen (secondary N) is 1. The summed E-state index contributed by atoms with van der Waals surface area (Å²) in [7, 11) is 0. The predicted molar refractivity (Wildman–Crippen MR) is 56.2 cm³/mol. The smallest absolute Gasteiger partial charge is 0.306 e. The number of alkyl halides is 3. The molecule has 1 N–H and O–H groups in total. The van der Waals surface area contributed by atoms with Crippen LogP contribution in [0.4, 0.5) is 13.2 Å². The van der Waals surface area contributed by atoms with E-state index >= 15 is 0 Å². The van der Waals surface area contributed by atoms with Gasteiger partial charge in [0.05, 0.1) is 11.3 Å². The number of halogens is 3. The van der Waals surface area contributed by atoms with Gasteiger partial charge in [-0.2, -0.15) is 13.2 Å². The van der Waals surface area contributed by atoms with Crippen LogP contribution < -0.4 is 5.32 Å². The third-order valence-corrected chi connectivity index (χ3v) is 3.63. The van der Waals surface area contributed by atoms with E-state index in [1.807, 2.05) is 0 Å². The molecule has 0 bridgehead atoms. The summed E-state index contributed by atoms with van der Waals surface area (Å²) in [4.78, 5) is 3.94. The number of piperidine rings is 1. The number of fused-ring (bicyclic) bond motifs is 1. The van der Waals surface area contributed by atoms with Gasteiger partial charge in [-0.1, -0.05) is 0 Å². The van der Waals surface area contributed by atoms with Crippen LogP contribution in [0.5, 0.6) is 0 Å². The van der Waals surface area contributed by atoms with Gasteiger partial charge in [-0.15, -0.1) is 0 Å². The van der Waals surface area contributed by atoms with E-state index in [4.69, 9.17) is 0 Å². The summed E-state index contributed by atoms with van der Waals surface area (Å²) >= 11 is 0. The maximum Gasteiger partial charge on any atom is 0.417 e. The molecule has 0 spiro atoms. The lowest BCUT2D eigenvalue weighted by Crippen LogP contribution is -2.29. The lowest BCUT2D eigenvalue weighted by molar-refractivity contribution is -0.137. The van der Waals surface area contributed by atoms with Crippen molar-refractivity contribution >= 4 is 0 Å². The fraction of sp³-hybridized carbons (Fsp3) is 0.583. The Morgan fingerprint density at radius 3 is 2.65 bits per heavy atom. The molecule has 2 fully saturated rings. The van der Waals surface area contributed by atoms with E-state index < -0.39 is 11.7 Å². The number of pyridine rings is 1. The van der Waals surface area contributed by atoms with Crippen molar-refractivity contribution in [3.05, 3.63) is 29.6 Å². The average molecular weight is 242 g/mol. The zero-order chi connectivity index (χ0) is 12.0. The Bertz CT molecular complexity index is 413. The van der Waals surface area contributed by atoms with Crippen LogP contribution in [0.2, 0.25) is 0 Å². The van der Waals surface area contributed by atoms with Gasteiger partial charge in [0.15, 0.2) is 0 Å². The maximum atomic E-state index is 12.4. The molecule has 3 rings (SSSR count). The van der Waals surface area contributed by atoms with Gasteiger partial charge in [0.25, 0.3) is 0 Å². The number of nitrogens with zero attached hydrogens (tertiary/aromatic N) is 1. The highest BCUT2D eigenvalue weighted by atomic mass is 19.4. The topological polar surface area (TPSA) is 24.9 Å². The van der Waals surface area contributed by atoms with Crippen molar-refractivity contribution in [1.82, 2.24) is 10.3 Å². The highest BCUT2D eigenvalue weighted by Crippen LogP contribution is 2.42. The molecule has 1 aromatic rings. The Morgan fingerprint density at radius 1 is 1.24 bits per heavy atom. The molecule has 1 saturated carbocycles. The predicted octanol–water partition coefficient (Wildman–Crippen LogP) is 2.91. The van der Waals surface area contributed by atoms with Crippen LogP contribution in [0.15, 0.2) is 18.3 Å². The molecule has 1 aliphatic heterocycles.